The van der Waals surface area contributed by atoms with Gasteiger partial charge < -0.3 is 0 Å². The third-order valence-corrected chi connectivity index (χ3v) is 2.30. The molecular formula is C8H13N. The minimum absolute atomic E-state index is 0.384. The molecule has 0 aliphatic heterocycles. The van der Waals surface area contributed by atoms with Gasteiger partial charge in [0.2, 0.25) is 0 Å². The Morgan fingerprint density at radius 1 is 1.56 bits per heavy atom. The van der Waals surface area contributed by atoms with Crippen molar-refractivity contribution in [2.45, 2.75) is 32.6 Å². The van der Waals surface area contributed by atoms with E-state index in [1.165, 1.54) is 12.8 Å². The van der Waals surface area contributed by atoms with Crippen molar-refractivity contribution in [1.29, 1.82) is 5.26 Å². The van der Waals surface area contributed by atoms with Gasteiger partial charge in [-0.25, -0.2) is 0 Å². The average molecular weight is 123 g/mol. The fourth-order valence-corrected chi connectivity index (χ4v) is 1.56. The molecule has 1 saturated carbocycles. The molecule has 0 heterocycles. The standard InChI is InChI=1S/C8H13N/c1-2-7-3-4-8(5-7)6-9/h7-8H,2-5H2,1H3/t7-,8+/m0/s1. The Balaban J connectivity index is 2.31. The molecule has 1 aliphatic carbocycles. The van der Waals surface area contributed by atoms with E-state index >= 15 is 0 Å². The van der Waals surface area contributed by atoms with Gasteiger partial charge in [0.25, 0.3) is 0 Å². The molecule has 0 radical (unpaired) electrons. The van der Waals surface area contributed by atoms with Crippen molar-refractivity contribution in [1.82, 2.24) is 0 Å². The topological polar surface area (TPSA) is 23.8 Å². The van der Waals surface area contributed by atoms with Crippen molar-refractivity contribution in [2.24, 2.45) is 11.8 Å². The highest BCUT2D eigenvalue weighted by atomic mass is 14.3. The summed E-state index contributed by atoms with van der Waals surface area (Å²) in [6.45, 7) is 2.21. The Hall–Kier alpha value is -0.510. The quantitative estimate of drug-likeness (QED) is 0.525. The van der Waals surface area contributed by atoms with Crippen LogP contribution in [0.2, 0.25) is 0 Å². The maximum atomic E-state index is 8.53. The Labute approximate surface area is 56.7 Å². The van der Waals surface area contributed by atoms with Crippen LogP contribution in [0, 0.1) is 23.2 Å². The van der Waals surface area contributed by atoms with Gasteiger partial charge in [-0.3, -0.25) is 0 Å². The predicted molar refractivity (Wildman–Crippen MR) is 36.7 cm³/mol. The lowest BCUT2D eigenvalue weighted by Gasteiger charge is -2.01. The van der Waals surface area contributed by atoms with Crippen molar-refractivity contribution in [3.05, 3.63) is 0 Å². The molecule has 0 aromatic rings. The van der Waals surface area contributed by atoms with Gasteiger partial charge in [-0.1, -0.05) is 13.3 Å². The number of hydrogen-bond acceptors (Lipinski definition) is 1. The lowest BCUT2D eigenvalue weighted by Crippen LogP contribution is -1.91. The van der Waals surface area contributed by atoms with Gasteiger partial charge in [0.15, 0.2) is 0 Å². The molecule has 1 heteroatoms. The van der Waals surface area contributed by atoms with Gasteiger partial charge in [-0.05, 0) is 25.2 Å². The molecule has 0 amide bonds. The Morgan fingerprint density at radius 2 is 2.33 bits per heavy atom. The Morgan fingerprint density at radius 3 is 2.67 bits per heavy atom. The van der Waals surface area contributed by atoms with Gasteiger partial charge in [-0.15, -0.1) is 0 Å². The Kier molecular flexibility index (Phi) is 2.10. The van der Waals surface area contributed by atoms with Gasteiger partial charge in [0.05, 0.1) is 6.07 Å². The summed E-state index contributed by atoms with van der Waals surface area (Å²) in [4.78, 5) is 0. The van der Waals surface area contributed by atoms with E-state index < -0.39 is 0 Å². The van der Waals surface area contributed by atoms with Gasteiger partial charge in [0.1, 0.15) is 0 Å². The fourth-order valence-electron chi connectivity index (χ4n) is 1.56. The van der Waals surface area contributed by atoms with Crippen LogP contribution in [0.25, 0.3) is 0 Å². The molecular weight excluding hydrogens is 110 g/mol. The molecule has 0 unspecified atom stereocenters. The van der Waals surface area contributed by atoms with E-state index in [2.05, 4.69) is 13.0 Å². The van der Waals surface area contributed by atoms with E-state index in [-0.39, 0.29) is 0 Å². The predicted octanol–water partition coefficient (Wildman–Crippen LogP) is 2.34. The van der Waals surface area contributed by atoms with Crippen LogP contribution >= 0.6 is 0 Å². The number of nitriles is 1. The summed E-state index contributed by atoms with van der Waals surface area (Å²) in [5.74, 6) is 1.24. The first kappa shape index (κ1) is 6.61. The fraction of sp³-hybridized carbons (Fsp3) is 0.875. The summed E-state index contributed by atoms with van der Waals surface area (Å²) < 4.78 is 0. The molecule has 50 valence electrons. The summed E-state index contributed by atoms with van der Waals surface area (Å²) in [5.41, 5.74) is 0. The molecule has 0 N–H and O–H groups in total. The maximum absolute atomic E-state index is 8.53. The van der Waals surface area contributed by atoms with Crippen LogP contribution in [-0.2, 0) is 0 Å². The number of hydrogen-bond donors (Lipinski definition) is 0. The zero-order valence-corrected chi connectivity index (χ0v) is 5.93. The molecule has 0 spiro atoms. The first-order chi connectivity index (χ1) is 4.36. The van der Waals surface area contributed by atoms with Crippen molar-refractivity contribution in [3.8, 4) is 6.07 Å². The molecule has 1 nitrogen and oxygen atoms in total. The van der Waals surface area contributed by atoms with Crippen LogP contribution in [-0.4, -0.2) is 0 Å². The molecule has 0 bridgehead atoms. The second kappa shape index (κ2) is 2.87. The lowest BCUT2D eigenvalue weighted by molar-refractivity contribution is 0.517. The first-order valence-corrected chi connectivity index (χ1v) is 3.76. The van der Waals surface area contributed by atoms with Gasteiger partial charge >= 0.3 is 0 Å². The molecule has 1 fully saturated rings. The van der Waals surface area contributed by atoms with Crippen LogP contribution in [0.1, 0.15) is 32.6 Å². The summed E-state index contributed by atoms with van der Waals surface area (Å²) in [6, 6.07) is 2.33. The highest BCUT2D eigenvalue weighted by Crippen LogP contribution is 2.31. The smallest absolute Gasteiger partial charge is 0.0655 e. The van der Waals surface area contributed by atoms with E-state index in [0.717, 1.165) is 18.8 Å². The third-order valence-electron chi connectivity index (χ3n) is 2.30. The SMILES string of the molecule is CC[C@H]1CC[C@@H](C#N)C1. The van der Waals surface area contributed by atoms with Crippen LogP contribution < -0.4 is 0 Å². The summed E-state index contributed by atoms with van der Waals surface area (Å²) in [7, 11) is 0. The van der Waals surface area contributed by atoms with Crippen molar-refractivity contribution in [2.75, 3.05) is 0 Å². The van der Waals surface area contributed by atoms with Crippen LogP contribution in [0.3, 0.4) is 0 Å². The zero-order chi connectivity index (χ0) is 6.69. The van der Waals surface area contributed by atoms with E-state index in [9.17, 15) is 0 Å². The van der Waals surface area contributed by atoms with E-state index in [4.69, 9.17) is 5.26 Å². The van der Waals surface area contributed by atoms with Gasteiger partial charge in [0, 0.05) is 5.92 Å². The van der Waals surface area contributed by atoms with Crippen molar-refractivity contribution < 1.29 is 0 Å². The summed E-state index contributed by atoms with van der Waals surface area (Å²) in [6.07, 6.45) is 4.86. The van der Waals surface area contributed by atoms with Gasteiger partial charge in [-0.2, -0.15) is 5.26 Å². The minimum Gasteiger partial charge on any atom is -0.198 e. The Bertz CT molecular complexity index is 123. The zero-order valence-electron chi connectivity index (χ0n) is 5.93. The third kappa shape index (κ3) is 1.45. The van der Waals surface area contributed by atoms with Crippen LogP contribution in [0.5, 0.6) is 0 Å². The molecule has 1 aliphatic rings. The lowest BCUT2D eigenvalue weighted by atomic mass is 10.0. The van der Waals surface area contributed by atoms with Crippen LogP contribution in [0.15, 0.2) is 0 Å². The second-order valence-corrected chi connectivity index (χ2v) is 2.91. The van der Waals surface area contributed by atoms with E-state index in [0.29, 0.717) is 5.92 Å². The molecule has 2 atom stereocenters. The van der Waals surface area contributed by atoms with Crippen LogP contribution in [0.4, 0.5) is 0 Å². The molecule has 0 saturated heterocycles. The largest absolute Gasteiger partial charge is 0.198 e. The highest BCUT2D eigenvalue weighted by molar-refractivity contribution is 4.89. The highest BCUT2D eigenvalue weighted by Gasteiger charge is 2.22. The van der Waals surface area contributed by atoms with Crippen molar-refractivity contribution in [3.63, 3.8) is 0 Å². The van der Waals surface area contributed by atoms with Crippen molar-refractivity contribution >= 4 is 0 Å². The molecule has 1 rings (SSSR count). The minimum atomic E-state index is 0.384. The average Bonchev–Trinajstić information content (AvgIpc) is 2.34. The summed E-state index contributed by atoms with van der Waals surface area (Å²) in [5, 5.41) is 8.53. The molecule has 0 aromatic heterocycles. The van der Waals surface area contributed by atoms with E-state index in [1.807, 2.05) is 0 Å². The van der Waals surface area contributed by atoms with E-state index in [1.54, 1.807) is 0 Å². The maximum Gasteiger partial charge on any atom is 0.0655 e. The molecule has 9 heavy (non-hydrogen) atoms. The molecule has 0 aromatic carbocycles. The second-order valence-electron chi connectivity index (χ2n) is 2.91. The number of nitrogens with zero attached hydrogens (tertiary/aromatic N) is 1. The normalized spacial score (nSPS) is 34.2. The summed E-state index contributed by atoms with van der Waals surface area (Å²) >= 11 is 0. The first-order valence-electron chi connectivity index (χ1n) is 3.76. The monoisotopic (exact) mass is 123 g/mol. The number of rotatable bonds is 1.